The van der Waals surface area contributed by atoms with Crippen LogP contribution in [0, 0.1) is 0 Å². The first-order chi connectivity index (χ1) is 40.7. The highest BCUT2D eigenvalue weighted by Crippen LogP contribution is 2.43. The van der Waals surface area contributed by atoms with E-state index in [4.69, 9.17) is 0 Å². The summed E-state index contributed by atoms with van der Waals surface area (Å²) in [6.07, 6.45) is 0. The standard InChI is InChI=1S/C78H50N2Si2/c1-5-23-57(24-6-1)81(58-25-7-2-8-26-58)73-35-19-16-32-62(73)77-64-49-71-66(46-53(64)37-43-75(77)81)61-31-15-18-34-69(61)79(71)55-39-41-56(42-40-55)80-70-48-52-22-14-13-21-51(52)45-67(70)68-47-54-38-44-76-78(65(54)50-72(68)80)63-33-17-20-36-74(63)82(76,59-27-9-3-10-28-59)60-29-11-4-12-30-60/h1-50H. The molecule has 2 aliphatic rings. The van der Waals surface area contributed by atoms with Crippen molar-refractivity contribution in [1.29, 1.82) is 0 Å². The van der Waals surface area contributed by atoms with Gasteiger partial charge in [-0.2, -0.15) is 0 Å². The summed E-state index contributed by atoms with van der Waals surface area (Å²) < 4.78 is 5.05. The number of benzene rings is 14. The van der Waals surface area contributed by atoms with Gasteiger partial charge in [0.15, 0.2) is 16.1 Å². The molecule has 16 aromatic rings. The van der Waals surface area contributed by atoms with E-state index in [0.717, 1.165) is 11.4 Å². The van der Waals surface area contributed by atoms with Crippen LogP contribution in [0.15, 0.2) is 303 Å². The van der Waals surface area contributed by atoms with E-state index in [0.29, 0.717) is 0 Å². The quantitative estimate of drug-likeness (QED) is 0.147. The van der Waals surface area contributed by atoms with Gasteiger partial charge in [0.05, 0.1) is 22.1 Å². The van der Waals surface area contributed by atoms with Crippen LogP contribution in [0.2, 0.25) is 0 Å². The molecule has 380 valence electrons. The Bertz CT molecular complexity index is 5240. The Morgan fingerprint density at radius 3 is 1.04 bits per heavy atom. The summed E-state index contributed by atoms with van der Waals surface area (Å²) in [7, 11) is -5.39. The van der Waals surface area contributed by atoms with Gasteiger partial charge in [-0.05, 0) is 163 Å². The minimum atomic E-state index is -2.70. The molecular formula is C78H50N2Si2. The first kappa shape index (κ1) is 45.7. The molecule has 0 N–H and O–H groups in total. The number of aromatic nitrogens is 2. The van der Waals surface area contributed by atoms with Crippen LogP contribution in [-0.2, 0) is 0 Å². The Balaban J connectivity index is 0.864. The maximum Gasteiger partial charge on any atom is 0.180 e. The summed E-state index contributed by atoms with van der Waals surface area (Å²) in [6, 6.07) is 116. The second kappa shape index (κ2) is 17.2. The largest absolute Gasteiger partial charge is 0.309 e. The van der Waals surface area contributed by atoms with Gasteiger partial charge in [0.1, 0.15) is 0 Å². The summed E-state index contributed by atoms with van der Waals surface area (Å²) in [5, 5.41) is 24.1. The van der Waals surface area contributed by atoms with Crippen LogP contribution >= 0.6 is 0 Å². The molecule has 0 atom stereocenters. The first-order valence-electron chi connectivity index (χ1n) is 28.7. The van der Waals surface area contributed by atoms with Gasteiger partial charge in [0.2, 0.25) is 0 Å². The van der Waals surface area contributed by atoms with Crippen molar-refractivity contribution in [3.05, 3.63) is 303 Å². The van der Waals surface area contributed by atoms with Crippen molar-refractivity contribution >= 4 is 134 Å². The van der Waals surface area contributed by atoms with E-state index < -0.39 is 16.1 Å². The van der Waals surface area contributed by atoms with Crippen molar-refractivity contribution in [2.24, 2.45) is 0 Å². The molecule has 2 nitrogen and oxygen atoms in total. The summed E-state index contributed by atoms with van der Waals surface area (Å²) in [5.74, 6) is 0. The Morgan fingerprint density at radius 1 is 0.207 bits per heavy atom. The van der Waals surface area contributed by atoms with E-state index >= 15 is 0 Å². The number of hydrogen-bond donors (Lipinski definition) is 0. The fourth-order valence-corrected chi connectivity index (χ4v) is 25.9. The Kier molecular flexibility index (Phi) is 9.59. The molecule has 14 aromatic carbocycles. The van der Waals surface area contributed by atoms with Gasteiger partial charge in [0, 0.05) is 32.9 Å². The molecule has 2 aromatic heterocycles. The molecule has 0 aliphatic carbocycles. The van der Waals surface area contributed by atoms with Crippen LogP contribution in [0.5, 0.6) is 0 Å². The van der Waals surface area contributed by atoms with E-state index in [9.17, 15) is 0 Å². The SMILES string of the molecule is c1ccc([Si]2(c3ccccc3)c3ccccc3-c3c2ccc2cc4c5ccccc5n(-c5ccc(-n6c7cc8ccccc8cc7c7cc8ccc9c(c8cc76)-c6ccccc6[Si]9(c6ccccc6)c6ccccc6)cc5)c4cc32)cc1. The smallest absolute Gasteiger partial charge is 0.180 e. The zero-order chi connectivity index (χ0) is 53.7. The van der Waals surface area contributed by atoms with Crippen LogP contribution < -0.4 is 41.5 Å². The van der Waals surface area contributed by atoms with Crippen LogP contribution in [0.25, 0.3) is 110 Å². The van der Waals surface area contributed by atoms with Crippen LogP contribution in [0.3, 0.4) is 0 Å². The summed E-state index contributed by atoms with van der Waals surface area (Å²) in [6.45, 7) is 0. The predicted molar refractivity (Wildman–Crippen MR) is 353 cm³/mol. The van der Waals surface area contributed by atoms with E-state index in [1.807, 2.05) is 0 Å². The highest BCUT2D eigenvalue weighted by atomic mass is 28.3. The molecule has 0 bridgehead atoms. The molecule has 0 saturated heterocycles. The van der Waals surface area contributed by atoms with E-state index in [2.05, 4.69) is 312 Å². The lowest BCUT2D eigenvalue weighted by Crippen LogP contribution is -2.72. The fraction of sp³-hybridized carbons (Fsp3) is 0. The van der Waals surface area contributed by atoms with Crippen molar-refractivity contribution < 1.29 is 0 Å². The van der Waals surface area contributed by atoms with E-state index in [-0.39, 0.29) is 0 Å². The molecule has 18 rings (SSSR count). The maximum absolute atomic E-state index is 2.70. The van der Waals surface area contributed by atoms with Crippen molar-refractivity contribution in [1.82, 2.24) is 9.13 Å². The highest BCUT2D eigenvalue weighted by molar-refractivity contribution is 7.23. The molecule has 4 heteroatoms. The van der Waals surface area contributed by atoms with Gasteiger partial charge < -0.3 is 9.13 Å². The monoisotopic (exact) mass is 1070 g/mol. The molecule has 4 heterocycles. The summed E-state index contributed by atoms with van der Waals surface area (Å²) >= 11 is 0. The number of nitrogens with zero attached hydrogens (tertiary/aromatic N) is 2. The topological polar surface area (TPSA) is 9.86 Å². The summed E-state index contributed by atoms with van der Waals surface area (Å²) in [4.78, 5) is 0. The molecule has 0 saturated carbocycles. The van der Waals surface area contributed by atoms with Gasteiger partial charge in [-0.25, -0.2) is 0 Å². The zero-order valence-corrected chi connectivity index (χ0v) is 46.8. The zero-order valence-electron chi connectivity index (χ0n) is 44.8. The summed E-state index contributed by atoms with van der Waals surface area (Å²) in [5.41, 5.74) is 12.5. The third-order valence-electron chi connectivity index (χ3n) is 18.8. The van der Waals surface area contributed by atoms with Crippen molar-refractivity contribution in [2.75, 3.05) is 0 Å². The molecule has 82 heavy (non-hydrogen) atoms. The molecular weight excluding hydrogens is 1020 g/mol. The number of rotatable bonds is 6. The van der Waals surface area contributed by atoms with Crippen LogP contribution in [0.4, 0.5) is 0 Å². The minimum Gasteiger partial charge on any atom is -0.309 e. The highest BCUT2D eigenvalue weighted by Gasteiger charge is 2.50. The van der Waals surface area contributed by atoms with Gasteiger partial charge >= 0.3 is 0 Å². The predicted octanol–water partition coefficient (Wildman–Crippen LogP) is 14.1. The average Bonchev–Trinajstić information content (AvgIpc) is 1.69. The lowest BCUT2D eigenvalue weighted by atomic mass is 9.96. The van der Waals surface area contributed by atoms with Gasteiger partial charge in [-0.1, -0.05) is 237 Å². The third kappa shape index (κ3) is 6.06. The van der Waals surface area contributed by atoms with Crippen LogP contribution in [-0.4, -0.2) is 25.3 Å². The van der Waals surface area contributed by atoms with E-state index in [1.165, 1.54) is 140 Å². The molecule has 0 unspecified atom stereocenters. The Labute approximate surface area is 476 Å². The lowest BCUT2D eigenvalue weighted by Gasteiger charge is -2.31. The van der Waals surface area contributed by atoms with Crippen molar-refractivity contribution in [3.8, 4) is 33.6 Å². The lowest BCUT2D eigenvalue weighted by molar-refractivity contribution is 1.15. The Morgan fingerprint density at radius 2 is 0.561 bits per heavy atom. The van der Waals surface area contributed by atoms with Gasteiger partial charge in [0.25, 0.3) is 0 Å². The fourth-order valence-electron chi connectivity index (χ4n) is 15.5. The number of hydrogen-bond acceptors (Lipinski definition) is 0. The normalized spacial score (nSPS) is 13.8. The molecule has 0 amide bonds. The van der Waals surface area contributed by atoms with Gasteiger partial charge in [-0.3, -0.25) is 0 Å². The number of para-hydroxylation sites is 1. The number of fused-ring (bicyclic) bond motifs is 17. The molecule has 0 spiro atoms. The molecule has 0 fully saturated rings. The van der Waals surface area contributed by atoms with Crippen molar-refractivity contribution in [2.45, 2.75) is 0 Å². The third-order valence-corrected chi connectivity index (χ3v) is 28.5. The molecule has 0 radical (unpaired) electrons. The molecule has 2 aliphatic heterocycles. The van der Waals surface area contributed by atoms with Gasteiger partial charge in [-0.15, -0.1) is 0 Å². The van der Waals surface area contributed by atoms with Crippen molar-refractivity contribution in [3.63, 3.8) is 0 Å². The second-order valence-electron chi connectivity index (χ2n) is 22.6. The minimum absolute atomic E-state index is 1.13. The first-order valence-corrected chi connectivity index (χ1v) is 32.7. The maximum atomic E-state index is 2.54. The van der Waals surface area contributed by atoms with E-state index in [1.54, 1.807) is 0 Å². The average molecular weight is 1070 g/mol. The Hall–Kier alpha value is -10.1. The van der Waals surface area contributed by atoms with Crippen LogP contribution in [0.1, 0.15) is 0 Å². The second-order valence-corrected chi connectivity index (χ2v) is 30.1.